The zero-order valence-electron chi connectivity index (χ0n) is 19.9. The maximum atomic E-state index is 13.0. The number of anilines is 1. The average Bonchev–Trinajstić information content (AvgIpc) is 3.19. The van der Waals surface area contributed by atoms with E-state index in [1.54, 1.807) is 24.3 Å². The number of esters is 1. The van der Waals surface area contributed by atoms with Crippen LogP contribution in [0, 0.1) is 23.7 Å². The highest BCUT2D eigenvalue weighted by atomic mass is 32.2. The summed E-state index contributed by atoms with van der Waals surface area (Å²) in [6.07, 6.45) is 1.15. The number of sulfonamides is 1. The van der Waals surface area contributed by atoms with Crippen molar-refractivity contribution >= 4 is 32.5 Å². The van der Waals surface area contributed by atoms with Crippen molar-refractivity contribution in [2.45, 2.75) is 63.4 Å². The van der Waals surface area contributed by atoms with Gasteiger partial charge in [0.15, 0.2) is 5.13 Å². The van der Waals surface area contributed by atoms with Crippen LogP contribution in [-0.2, 0) is 26.0 Å². The highest BCUT2D eigenvalue weighted by Crippen LogP contribution is 2.62. The molecular weight excluding hydrogens is 476 g/mol. The maximum absolute atomic E-state index is 13.0. The molecule has 186 valence electrons. The third-order valence-electron chi connectivity index (χ3n) is 8.05. The van der Waals surface area contributed by atoms with E-state index in [0.29, 0.717) is 25.0 Å². The number of ether oxygens (including phenoxy) is 1. The molecule has 5 atom stereocenters. The molecule has 0 saturated heterocycles. The van der Waals surface area contributed by atoms with E-state index in [-0.39, 0.29) is 40.9 Å². The molecule has 34 heavy (non-hydrogen) atoms. The lowest BCUT2D eigenvalue weighted by Gasteiger charge is -2.58. The Kier molecular flexibility index (Phi) is 6.56. The number of carbonyl (C=O) groups excluding carboxylic acids is 1. The molecule has 0 amide bonds. The Labute approximate surface area is 204 Å². The van der Waals surface area contributed by atoms with Crippen molar-refractivity contribution in [2.24, 2.45) is 16.7 Å². The van der Waals surface area contributed by atoms with E-state index in [0.717, 1.165) is 10.4 Å². The number of nitrogens with zero attached hydrogens (tertiary/aromatic N) is 1. The molecule has 0 radical (unpaired) electrons. The predicted octanol–water partition coefficient (Wildman–Crippen LogP) is 3.23. The van der Waals surface area contributed by atoms with Crippen LogP contribution in [0.25, 0.3) is 0 Å². The van der Waals surface area contributed by atoms with Crippen molar-refractivity contribution < 1.29 is 28.2 Å². The van der Waals surface area contributed by atoms with Gasteiger partial charge in [-0.15, -0.1) is 11.3 Å². The topological polar surface area (TPSA) is 126 Å². The Bertz CT molecular complexity index is 1180. The van der Waals surface area contributed by atoms with Gasteiger partial charge in [-0.05, 0) is 49.7 Å². The average molecular weight is 509 g/mol. The maximum Gasteiger partial charge on any atom is 0.306 e. The fourth-order valence-corrected chi connectivity index (χ4v) is 8.13. The van der Waals surface area contributed by atoms with Crippen LogP contribution < -0.4 is 4.72 Å². The molecule has 8 nitrogen and oxygen atoms in total. The van der Waals surface area contributed by atoms with Crippen LogP contribution in [0.15, 0.2) is 29.2 Å². The van der Waals surface area contributed by atoms with Crippen molar-refractivity contribution in [3.63, 3.8) is 0 Å². The van der Waals surface area contributed by atoms with Crippen LogP contribution in [0.5, 0.6) is 0 Å². The molecule has 1 saturated carbocycles. The lowest BCUT2D eigenvalue weighted by Crippen LogP contribution is -2.57. The SMILES string of the molecule is COC(=O)CC1c2nc(NS(=O)(=O)c3ccc(C)cc3)sc2CC2C(C)(CO)C(O)CCC12C. The molecule has 3 N–H and O–H groups in total. The van der Waals surface area contributed by atoms with Crippen molar-refractivity contribution in [3.05, 3.63) is 40.4 Å². The van der Waals surface area contributed by atoms with Crippen molar-refractivity contribution in [1.82, 2.24) is 4.98 Å². The van der Waals surface area contributed by atoms with E-state index in [1.165, 1.54) is 18.4 Å². The summed E-state index contributed by atoms with van der Waals surface area (Å²) >= 11 is 1.25. The van der Waals surface area contributed by atoms with Gasteiger partial charge in [0, 0.05) is 16.2 Å². The van der Waals surface area contributed by atoms with Gasteiger partial charge in [-0.1, -0.05) is 31.5 Å². The van der Waals surface area contributed by atoms with E-state index in [2.05, 4.69) is 16.6 Å². The van der Waals surface area contributed by atoms with Gasteiger partial charge in [0.1, 0.15) is 0 Å². The molecule has 0 spiro atoms. The molecule has 1 heterocycles. The number of rotatable bonds is 6. The molecule has 0 aliphatic heterocycles. The number of carbonyl (C=O) groups is 1. The zero-order valence-corrected chi connectivity index (χ0v) is 21.5. The van der Waals surface area contributed by atoms with Gasteiger partial charge in [0.25, 0.3) is 10.0 Å². The summed E-state index contributed by atoms with van der Waals surface area (Å²) in [5, 5.41) is 21.3. The van der Waals surface area contributed by atoms with Crippen molar-refractivity contribution in [1.29, 1.82) is 0 Å². The first-order chi connectivity index (χ1) is 15.9. The number of aliphatic hydroxyl groups excluding tert-OH is 2. The lowest BCUT2D eigenvalue weighted by molar-refractivity contribution is -0.152. The number of hydrogen-bond donors (Lipinski definition) is 3. The Hall–Kier alpha value is -2.01. The number of benzene rings is 1. The minimum Gasteiger partial charge on any atom is -0.469 e. The van der Waals surface area contributed by atoms with Gasteiger partial charge < -0.3 is 14.9 Å². The van der Waals surface area contributed by atoms with Gasteiger partial charge in [0.2, 0.25) is 0 Å². The van der Waals surface area contributed by atoms with Crippen LogP contribution in [0.3, 0.4) is 0 Å². The minimum absolute atomic E-state index is 0.0992. The van der Waals surface area contributed by atoms with E-state index in [9.17, 15) is 23.4 Å². The molecule has 0 bridgehead atoms. The third kappa shape index (κ3) is 4.14. The summed E-state index contributed by atoms with van der Waals surface area (Å²) in [5.41, 5.74) is 0.496. The molecule has 5 unspecified atom stereocenters. The quantitative estimate of drug-likeness (QED) is 0.512. The number of fused-ring (bicyclic) bond motifs is 2. The van der Waals surface area contributed by atoms with E-state index >= 15 is 0 Å². The molecule has 2 aliphatic carbocycles. The van der Waals surface area contributed by atoms with Gasteiger partial charge >= 0.3 is 5.97 Å². The summed E-state index contributed by atoms with van der Waals surface area (Å²) in [6.45, 7) is 5.68. The highest BCUT2D eigenvalue weighted by Gasteiger charge is 2.59. The number of aryl methyl sites for hydroxylation is 1. The first-order valence-electron chi connectivity index (χ1n) is 11.4. The summed E-state index contributed by atoms with van der Waals surface area (Å²) in [7, 11) is -2.48. The van der Waals surface area contributed by atoms with Gasteiger partial charge in [-0.2, -0.15) is 0 Å². The Balaban J connectivity index is 1.75. The molecule has 10 heteroatoms. The van der Waals surface area contributed by atoms with Crippen molar-refractivity contribution in [2.75, 3.05) is 18.4 Å². The summed E-state index contributed by atoms with van der Waals surface area (Å²) < 4.78 is 33.5. The fourth-order valence-electron chi connectivity index (χ4n) is 5.83. The van der Waals surface area contributed by atoms with E-state index in [1.807, 2.05) is 13.8 Å². The number of aliphatic hydroxyl groups is 2. The van der Waals surface area contributed by atoms with Crippen LogP contribution in [-0.4, -0.2) is 49.4 Å². The number of methoxy groups -OCH3 is 1. The lowest BCUT2D eigenvalue weighted by atomic mass is 9.47. The van der Waals surface area contributed by atoms with E-state index in [4.69, 9.17) is 4.74 Å². The monoisotopic (exact) mass is 508 g/mol. The second-order valence-electron chi connectivity index (χ2n) is 10.1. The predicted molar refractivity (Wildman–Crippen MR) is 129 cm³/mol. The number of hydrogen-bond acceptors (Lipinski definition) is 8. The Morgan fingerprint density at radius 1 is 1.29 bits per heavy atom. The summed E-state index contributed by atoms with van der Waals surface area (Å²) in [5.74, 6) is -0.802. The Morgan fingerprint density at radius 3 is 2.59 bits per heavy atom. The number of aromatic nitrogens is 1. The summed E-state index contributed by atoms with van der Waals surface area (Å²) in [4.78, 5) is 18.1. The zero-order chi connectivity index (χ0) is 24.9. The number of thiazole rings is 1. The molecule has 1 aromatic heterocycles. The van der Waals surface area contributed by atoms with Gasteiger partial charge in [-0.3, -0.25) is 9.52 Å². The van der Waals surface area contributed by atoms with Gasteiger partial charge in [0.05, 0.1) is 36.8 Å². The highest BCUT2D eigenvalue weighted by molar-refractivity contribution is 7.93. The Morgan fingerprint density at radius 2 is 1.97 bits per heavy atom. The van der Waals surface area contributed by atoms with Crippen LogP contribution in [0.2, 0.25) is 0 Å². The minimum atomic E-state index is -3.83. The first-order valence-corrected chi connectivity index (χ1v) is 13.7. The number of nitrogens with one attached hydrogen (secondary N) is 1. The second kappa shape index (κ2) is 8.89. The third-order valence-corrected chi connectivity index (χ3v) is 10.5. The first kappa shape index (κ1) is 25.1. The molecular formula is C24H32N2O6S2. The summed E-state index contributed by atoms with van der Waals surface area (Å²) in [6, 6.07) is 6.57. The molecule has 1 fully saturated rings. The normalized spacial score (nSPS) is 30.8. The molecule has 2 aromatic rings. The molecule has 1 aromatic carbocycles. The van der Waals surface area contributed by atoms with E-state index < -0.39 is 27.0 Å². The molecule has 4 rings (SSSR count). The van der Waals surface area contributed by atoms with Crippen molar-refractivity contribution in [3.8, 4) is 0 Å². The van der Waals surface area contributed by atoms with Crippen LogP contribution >= 0.6 is 11.3 Å². The molecule has 2 aliphatic rings. The largest absolute Gasteiger partial charge is 0.469 e. The smallest absolute Gasteiger partial charge is 0.306 e. The van der Waals surface area contributed by atoms with Gasteiger partial charge in [-0.25, -0.2) is 13.4 Å². The second-order valence-corrected chi connectivity index (χ2v) is 12.8. The van der Waals surface area contributed by atoms with Crippen LogP contribution in [0.4, 0.5) is 5.13 Å². The fraction of sp³-hybridized carbons (Fsp3) is 0.583. The standard InChI is InChI=1S/C24H32N2O6S2/c1-14-5-7-15(8-6-14)34(30,31)26-22-25-21-16(11-20(29)32-4)23(2)10-9-19(28)24(3,13-27)18(23)12-17(21)33-22/h5-8,16,18-19,27-28H,9-13H2,1-4H3,(H,25,26). The van der Waals surface area contributed by atoms with Crippen LogP contribution in [0.1, 0.15) is 55.2 Å².